The Labute approximate surface area is 200 Å². The van der Waals surface area contributed by atoms with Crippen LogP contribution in [0.15, 0.2) is 115 Å². The second-order valence-corrected chi connectivity index (χ2v) is 9.42. The Morgan fingerprint density at radius 1 is 0.343 bits per heavy atom. The summed E-state index contributed by atoms with van der Waals surface area (Å²) in [6.45, 7) is 0. The van der Waals surface area contributed by atoms with Gasteiger partial charge in [-0.3, -0.25) is 8.80 Å². The maximum absolute atomic E-state index is 2.46. The summed E-state index contributed by atoms with van der Waals surface area (Å²) in [5.74, 6) is 0. The lowest BCUT2D eigenvalue weighted by molar-refractivity contribution is 1.20. The minimum absolute atomic E-state index is 1.23. The van der Waals surface area contributed by atoms with Gasteiger partial charge in [0.2, 0.25) is 0 Å². The summed E-state index contributed by atoms with van der Waals surface area (Å²) in [7, 11) is 0. The standard InChI is InChI=1S/C32H19N3/c1-4-13-23-20(10-1)21-11-2-5-14-24(21)33(23)28-18-9-19-29-31(28)30-22-12-3-6-15-25(22)34-26-16-7-8-17-27(26)35(29)32(30)34/h1-19H. The molecular formula is C32H19N3. The molecule has 0 radical (unpaired) electrons. The maximum Gasteiger partial charge on any atom is 0.131 e. The van der Waals surface area contributed by atoms with Gasteiger partial charge in [0.15, 0.2) is 0 Å². The van der Waals surface area contributed by atoms with Gasteiger partial charge in [-0.2, -0.15) is 0 Å². The summed E-state index contributed by atoms with van der Waals surface area (Å²) in [5.41, 5.74) is 9.97. The van der Waals surface area contributed by atoms with Gasteiger partial charge in [0.05, 0.1) is 38.8 Å². The molecule has 0 aliphatic heterocycles. The van der Waals surface area contributed by atoms with Crippen LogP contribution in [0.3, 0.4) is 0 Å². The topological polar surface area (TPSA) is 13.8 Å². The molecule has 0 atom stereocenters. The summed E-state index contributed by atoms with van der Waals surface area (Å²) in [6.07, 6.45) is 0. The van der Waals surface area contributed by atoms with Crippen LogP contribution in [-0.4, -0.2) is 13.4 Å². The van der Waals surface area contributed by atoms with Crippen molar-refractivity contribution >= 4 is 65.7 Å². The lowest BCUT2D eigenvalue weighted by atomic mass is 10.1. The fourth-order valence-electron chi connectivity index (χ4n) is 6.47. The molecule has 3 heteroatoms. The van der Waals surface area contributed by atoms with Crippen molar-refractivity contribution in [3.05, 3.63) is 115 Å². The second-order valence-electron chi connectivity index (χ2n) is 9.42. The van der Waals surface area contributed by atoms with Crippen LogP contribution >= 0.6 is 0 Å². The van der Waals surface area contributed by atoms with Gasteiger partial charge in [-0.15, -0.1) is 0 Å². The molecule has 9 rings (SSSR count). The SMILES string of the molecule is c1ccc2c(c1)c1ccccc1n2-c1cccc2c1c1c3ccccc3n3c4ccccc4n2c13. The third-order valence-electron chi connectivity index (χ3n) is 7.76. The minimum atomic E-state index is 1.23. The second kappa shape index (κ2) is 6.02. The minimum Gasteiger partial charge on any atom is -0.309 e. The average molecular weight is 446 g/mol. The van der Waals surface area contributed by atoms with Crippen molar-refractivity contribution in [3.8, 4) is 5.69 Å². The van der Waals surface area contributed by atoms with Gasteiger partial charge in [0, 0.05) is 26.9 Å². The normalized spacial score (nSPS) is 12.6. The third kappa shape index (κ3) is 1.96. The molecule has 0 saturated carbocycles. The Kier molecular flexibility index (Phi) is 3.04. The number of imidazole rings is 1. The van der Waals surface area contributed by atoms with Gasteiger partial charge in [-0.25, -0.2) is 0 Å². The van der Waals surface area contributed by atoms with E-state index in [9.17, 15) is 0 Å². The molecule has 0 aliphatic rings. The van der Waals surface area contributed by atoms with E-state index in [-0.39, 0.29) is 0 Å². The first-order valence-electron chi connectivity index (χ1n) is 12.1. The number of para-hydroxylation sites is 5. The Hall–Kier alpha value is -4.76. The molecule has 4 aromatic heterocycles. The van der Waals surface area contributed by atoms with Crippen LogP contribution in [0, 0.1) is 0 Å². The van der Waals surface area contributed by atoms with Gasteiger partial charge in [0.1, 0.15) is 5.65 Å². The molecule has 0 N–H and O–H groups in total. The van der Waals surface area contributed by atoms with E-state index in [0.717, 1.165) is 0 Å². The molecule has 4 heterocycles. The Morgan fingerprint density at radius 3 is 1.49 bits per heavy atom. The fraction of sp³-hybridized carbons (Fsp3) is 0. The van der Waals surface area contributed by atoms with E-state index in [1.165, 1.54) is 71.4 Å². The zero-order valence-corrected chi connectivity index (χ0v) is 18.8. The molecule has 0 bridgehead atoms. The first-order valence-corrected chi connectivity index (χ1v) is 12.1. The van der Waals surface area contributed by atoms with Gasteiger partial charge < -0.3 is 4.57 Å². The monoisotopic (exact) mass is 445 g/mol. The number of hydrogen-bond acceptors (Lipinski definition) is 0. The average Bonchev–Trinajstić information content (AvgIpc) is 3.62. The molecular weight excluding hydrogens is 426 g/mol. The zero-order chi connectivity index (χ0) is 22.7. The van der Waals surface area contributed by atoms with Crippen LogP contribution in [0.1, 0.15) is 0 Å². The Morgan fingerprint density at radius 2 is 0.829 bits per heavy atom. The molecule has 0 unspecified atom stereocenters. The number of fused-ring (bicyclic) bond motifs is 12. The van der Waals surface area contributed by atoms with Crippen molar-refractivity contribution in [2.24, 2.45) is 0 Å². The van der Waals surface area contributed by atoms with Crippen LogP contribution < -0.4 is 0 Å². The first-order chi connectivity index (χ1) is 17.4. The molecule has 35 heavy (non-hydrogen) atoms. The van der Waals surface area contributed by atoms with Gasteiger partial charge in [-0.05, 0) is 42.5 Å². The van der Waals surface area contributed by atoms with Crippen LogP contribution in [-0.2, 0) is 0 Å². The van der Waals surface area contributed by atoms with E-state index in [4.69, 9.17) is 0 Å². The van der Waals surface area contributed by atoms with Crippen LogP contribution in [0.25, 0.3) is 71.4 Å². The highest BCUT2D eigenvalue weighted by Gasteiger charge is 2.25. The molecule has 0 spiro atoms. The molecule has 0 saturated heterocycles. The summed E-state index contributed by atoms with van der Waals surface area (Å²) in [4.78, 5) is 0. The van der Waals surface area contributed by atoms with E-state index in [0.29, 0.717) is 0 Å². The summed E-state index contributed by atoms with van der Waals surface area (Å²) in [5, 5.41) is 6.50. The quantitative estimate of drug-likeness (QED) is 0.242. The highest BCUT2D eigenvalue weighted by molar-refractivity contribution is 6.26. The lowest BCUT2D eigenvalue weighted by Crippen LogP contribution is -1.94. The number of benzene rings is 5. The zero-order valence-electron chi connectivity index (χ0n) is 18.8. The van der Waals surface area contributed by atoms with Gasteiger partial charge in [0.25, 0.3) is 0 Å². The molecule has 0 amide bonds. The fourth-order valence-corrected chi connectivity index (χ4v) is 6.47. The molecule has 162 valence electrons. The van der Waals surface area contributed by atoms with E-state index >= 15 is 0 Å². The summed E-state index contributed by atoms with van der Waals surface area (Å²) < 4.78 is 7.35. The van der Waals surface area contributed by atoms with Crippen molar-refractivity contribution < 1.29 is 0 Å². The molecule has 9 aromatic rings. The molecule has 0 aliphatic carbocycles. The van der Waals surface area contributed by atoms with E-state index in [1.54, 1.807) is 0 Å². The molecule has 0 fully saturated rings. The highest BCUT2D eigenvalue weighted by Crippen LogP contribution is 2.44. The van der Waals surface area contributed by atoms with Gasteiger partial charge in [-0.1, -0.05) is 72.8 Å². The van der Waals surface area contributed by atoms with Crippen molar-refractivity contribution in [1.29, 1.82) is 0 Å². The first kappa shape index (κ1) is 17.7. The predicted octanol–water partition coefficient (Wildman–Crippen LogP) is 8.19. The van der Waals surface area contributed by atoms with E-state index in [1.807, 2.05) is 0 Å². The maximum atomic E-state index is 2.46. The predicted molar refractivity (Wildman–Crippen MR) is 146 cm³/mol. The van der Waals surface area contributed by atoms with Crippen molar-refractivity contribution in [2.45, 2.75) is 0 Å². The Bertz CT molecular complexity index is 2210. The number of nitrogens with zero attached hydrogens (tertiary/aromatic N) is 3. The third-order valence-corrected chi connectivity index (χ3v) is 7.76. The number of aromatic nitrogens is 3. The summed E-state index contributed by atoms with van der Waals surface area (Å²) in [6, 6.07) is 41.8. The van der Waals surface area contributed by atoms with E-state index < -0.39 is 0 Å². The van der Waals surface area contributed by atoms with Gasteiger partial charge >= 0.3 is 0 Å². The lowest BCUT2D eigenvalue weighted by Gasteiger charge is -2.10. The van der Waals surface area contributed by atoms with Crippen molar-refractivity contribution in [1.82, 2.24) is 13.4 Å². The summed E-state index contributed by atoms with van der Waals surface area (Å²) >= 11 is 0. The number of rotatable bonds is 1. The van der Waals surface area contributed by atoms with Crippen LogP contribution in [0.4, 0.5) is 0 Å². The van der Waals surface area contributed by atoms with Crippen molar-refractivity contribution in [3.63, 3.8) is 0 Å². The smallest absolute Gasteiger partial charge is 0.131 e. The van der Waals surface area contributed by atoms with Crippen LogP contribution in [0.2, 0.25) is 0 Å². The van der Waals surface area contributed by atoms with Crippen LogP contribution in [0.5, 0.6) is 0 Å². The largest absolute Gasteiger partial charge is 0.309 e. The number of hydrogen-bond donors (Lipinski definition) is 0. The molecule has 3 nitrogen and oxygen atoms in total. The highest BCUT2D eigenvalue weighted by atomic mass is 15.1. The van der Waals surface area contributed by atoms with Crippen molar-refractivity contribution in [2.75, 3.05) is 0 Å². The Balaban J connectivity index is 1.61. The molecule has 5 aromatic carbocycles. The van der Waals surface area contributed by atoms with E-state index in [2.05, 4.69) is 129 Å².